The summed E-state index contributed by atoms with van der Waals surface area (Å²) in [4.78, 5) is 0. The van der Waals surface area contributed by atoms with Crippen LogP contribution in [0.5, 0.6) is 0 Å². The third-order valence-electron chi connectivity index (χ3n) is 3.55. The van der Waals surface area contributed by atoms with Crippen molar-refractivity contribution in [2.45, 2.75) is 24.0 Å². The van der Waals surface area contributed by atoms with Gasteiger partial charge in [0.15, 0.2) is 5.82 Å². The Hall–Kier alpha value is -1.77. The summed E-state index contributed by atoms with van der Waals surface area (Å²) in [5.41, 5.74) is 0.907. The Morgan fingerprint density at radius 2 is 2.00 bits per heavy atom. The second kappa shape index (κ2) is 4.36. The summed E-state index contributed by atoms with van der Waals surface area (Å²) in [6.07, 6.45) is 1.85. The van der Waals surface area contributed by atoms with E-state index in [2.05, 4.69) is 10.2 Å². The molecule has 0 aliphatic heterocycles. The van der Waals surface area contributed by atoms with Crippen molar-refractivity contribution < 1.29 is 8.42 Å². The Morgan fingerprint density at radius 3 is 2.71 bits per heavy atom. The molecule has 108 valence electrons. The Labute approximate surface area is 125 Å². The molecule has 0 unspecified atom stereocenters. The standard InChI is InChI=1S/C13H12N4O2S2/c14-21(18,19)13-16-15-12(17(13)8-5-6-8)10-7-20-11-4-2-1-3-9(10)11/h1-4,7-8H,5-6H2,(H2,14,18,19). The smallest absolute Gasteiger partial charge is 0.273 e. The van der Waals surface area contributed by atoms with E-state index in [1.165, 1.54) is 0 Å². The lowest BCUT2D eigenvalue weighted by molar-refractivity contribution is 0.567. The van der Waals surface area contributed by atoms with Gasteiger partial charge in [-0.15, -0.1) is 21.5 Å². The SMILES string of the molecule is NS(=O)(=O)c1nnc(-c2csc3ccccc23)n1C1CC1. The van der Waals surface area contributed by atoms with Crippen LogP contribution in [0.1, 0.15) is 18.9 Å². The molecule has 4 rings (SSSR count). The average molecular weight is 320 g/mol. The number of benzene rings is 1. The van der Waals surface area contributed by atoms with Gasteiger partial charge in [0, 0.05) is 27.1 Å². The fraction of sp³-hybridized carbons (Fsp3) is 0.231. The molecule has 0 saturated heterocycles. The Morgan fingerprint density at radius 1 is 1.24 bits per heavy atom. The first-order chi connectivity index (χ1) is 10.1. The van der Waals surface area contributed by atoms with Gasteiger partial charge in [0.25, 0.3) is 15.2 Å². The van der Waals surface area contributed by atoms with Crippen molar-refractivity contribution >= 4 is 31.4 Å². The minimum Gasteiger partial charge on any atom is -0.294 e. The second-order valence-corrected chi connectivity index (χ2v) is 7.46. The van der Waals surface area contributed by atoms with Crippen LogP contribution in [0.3, 0.4) is 0 Å². The van der Waals surface area contributed by atoms with Crippen LogP contribution in [0.15, 0.2) is 34.8 Å². The van der Waals surface area contributed by atoms with Crippen LogP contribution >= 0.6 is 11.3 Å². The minimum atomic E-state index is -3.87. The van der Waals surface area contributed by atoms with Crippen LogP contribution in [-0.2, 0) is 10.0 Å². The molecule has 2 N–H and O–H groups in total. The van der Waals surface area contributed by atoms with Crippen LogP contribution in [-0.4, -0.2) is 23.2 Å². The van der Waals surface area contributed by atoms with E-state index in [0.717, 1.165) is 28.5 Å². The normalized spacial score (nSPS) is 15.7. The quantitative estimate of drug-likeness (QED) is 0.800. The number of hydrogen-bond acceptors (Lipinski definition) is 5. The predicted octanol–water partition coefficient (Wildman–Crippen LogP) is 2.14. The summed E-state index contributed by atoms with van der Waals surface area (Å²) in [6.45, 7) is 0. The molecule has 0 radical (unpaired) electrons. The average Bonchev–Trinajstić information content (AvgIpc) is 3.03. The van der Waals surface area contributed by atoms with Crippen molar-refractivity contribution in [2.24, 2.45) is 5.14 Å². The van der Waals surface area contributed by atoms with Crippen molar-refractivity contribution in [3.63, 3.8) is 0 Å². The minimum absolute atomic E-state index is 0.127. The number of hydrogen-bond donors (Lipinski definition) is 1. The summed E-state index contributed by atoms with van der Waals surface area (Å²) in [7, 11) is -3.87. The maximum absolute atomic E-state index is 11.7. The summed E-state index contributed by atoms with van der Waals surface area (Å²) >= 11 is 1.60. The summed E-state index contributed by atoms with van der Waals surface area (Å²) < 4.78 is 26.2. The van der Waals surface area contributed by atoms with E-state index in [9.17, 15) is 8.42 Å². The molecule has 21 heavy (non-hydrogen) atoms. The van der Waals surface area contributed by atoms with E-state index < -0.39 is 10.0 Å². The highest BCUT2D eigenvalue weighted by Crippen LogP contribution is 2.42. The van der Waals surface area contributed by atoms with Crippen LogP contribution in [0, 0.1) is 0 Å². The molecule has 3 aromatic rings. The first kappa shape index (κ1) is 12.9. The fourth-order valence-corrected chi connectivity index (χ4v) is 4.07. The molecule has 1 fully saturated rings. The molecule has 1 saturated carbocycles. The summed E-state index contributed by atoms with van der Waals surface area (Å²) in [5, 5.41) is 16.1. The van der Waals surface area contributed by atoms with Crippen LogP contribution in [0.4, 0.5) is 0 Å². The molecular formula is C13H12N4O2S2. The number of nitrogens with two attached hydrogens (primary N) is 1. The Bertz CT molecular complexity index is 938. The zero-order valence-corrected chi connectivity index (χ0v) is 12.6. The van der Waals surface area contributed by atoms with Crippen molar-refractivity contribution in [1.82, 2.24) is 14.8 Å². The maximum atomic E-state index is 11.7. The lowest BCUT2D eigenvalue weighted by Crippen LogP contribution is -2.18. The third-order valence-corrected chi connectivity index (χ3v) is 5.30. The van der Waals surface area contributed by atoms with E-state index in [-0.39, 0.29) is 11.2 Å². The molecule has 2 aromatic heterocycles. The first-order valence-electron chi connectivity index (χ1n) is 6.50. The Kier molecular flexibility index (Phi) is 2.69. The number of sulfonamides is 1. The monoisotopic (exact) mass is 320 g/mol. The molecule has 8 heteroatoms. The van der Waals surface area contributed by atoms with E-state index in [1.807, 2.05) is 29.6 Å². The van der Waals surface area contributed by atoms with Crippen molar-refractivity contribution in [3.05, 3.63) is 29.6 Å². The number of thiophene rings is 1. The largest absolute Gasteiger partial charge is 0.294 e. The van der Waals surface area contributed by atoms with Gasteiger partial charge in [-0.25, -0.2) is 13.6 Å². The third kappa shape index (κ3) is 2.06. The highest BCUT2D eigenvalue weighted by molar-refractivity contribution is 7.89. The molecule has 6 nitrogen and oxygen atoms in total. The van der Waals surface area contributed by atoms with Crippen molar-refractivity contribution in [2.75, 3.05) is 0 Å². The maximum Gasteiger partial charge on any atom is 0.273 e. The van der Waals surface area contributed by atoms with Gasteiger partial charge < -0.3 is 0 Å². The zero-order valence-electron chi connectivity index (χ0n) is 10.9. The summed E-state index contributed by atoms with van der Waals surface area (Å²) in [6, 6.07) is 8.09. The van der Waals surface area contributed by atoms with Crippen LogP contribution in [0.25, 0.3) is 21.5 Å². The van der Waals surface area contributed by atoms with Gasteiger partial charge >= 0.3 is 0 Å². The highest BCUT2D eigenvalue weighted by Gasteiger charge is 2.34. The van der Waals surface area contributed by atoms with Crippen LogP contribution < -0.4 is 5.14 Å². The lowest BCUT2D eigenvalue weighted by Gasteiger charge is -2.06. The zero-order chi connectivity index (χ0) is 14.6. The number of fused-ring (bicyclic) bond motifs is 1. The van der Waals surface area contributed by atoms with Crippen LogP contribution in [0.2, 0.25) is 0 Å². The highest BCUT2D eigenvalue weighted by atomic mass is 32.2. The molecule has 0 bridgehead atoms. The molecule has 1 aromatic carbocycles. The van der Waals surface area contributed by atoms with Gasteiger partial charge in [0.1, 0.15) is 0 Å². The topological polar surface area (TPSA) is 90.9 Å². The van der Waals surface area contributed by atoms with Gasteiger partial charge in [-0.2, -0.15) is 0 Å². The number of nitrogens with zero attached hydrogens (tertiary/aromatic N) is 3. The second-order valence-electron chi connectivity index (χ2n) is 5.10. The van der Waals surface area contributed by atoms with Gasteiger partial charge in [-0.1, -0.05) is 18.2 Å². The Balaban J connectivity index is 1.99. The molecule has 0 atom stereocenters. The fourth-order valence-electron chi connectivity index (χ4n) is 2.47. The lowest BCUT2D eigenvalue weighted by atomic mass is 10.1. The van der Waals surface area contributed by atoms with Gasteiger partial charge in [-0.3, -0.25) is 4.57 Å². The van der Waals surface area contributed by atoms with E-state index in [1.54, 1.807) is 15.9 Å². The van der Waals surface area contributed by atoms with Crippen molar-refractivity contribution in [3.8, 4) is 11.4 Å². The number of rotatable bonds is 3. The van der Waals surface area contributed by atoms with Gasteiger partial charge in [0.05, 0.1) is 0 Å². The van der Waals surface area contributed by atoms with Gasteiger partial charge in [0.2, 0.25) is 0 Å². The molecule has 1 aliphatic carbocycles. The van der Waals surface area contributed by atoms with E-state index in [0.29, 0.717) is 5.82 Å². The molecular weight excluding hydrogens is 308 g/mol. The molecule has 2 heterocycles. The molecule has 1 aliphatic rings. The number of primary sulfonamides is 1. The predicted molar refractivity (Wildman–Crippen MR) is 80.5 cm³/mol. The van der Waals surface area contributed by atoms with E-state index >= 15 is 0 Å². The van der Waals surface area contributed by atoms with E-state index in [4.69, 9.17) is 5.14 Å². The summed E-state index contributed by atoms with van der Waals surface area (Å²) in [5.74, 6) is 0.582. The molecule has 0 spiro atoms. The molecule has 0 amide bonds. The van der Waals surface area contributed by atoms with Gasteiger partial charge in [-0.05, 0) is 18.9 Å². The first-order valence-corrected chi connectivity index (χ1v) is 8.92. The van der Waals surface area contributed by atoms with Crippen molar-refractivity contribution in [1.29, 1.82) is 0 Å². The number of aromatic nitrogens is 3.